The molecule has 1 fully saturated rings. The lowest BCUT2D eigenvalue weighted by molar-refractivity contribution is -0.126. The first kappa shape index (κ1) is 18.8. The fourth-order valence-electron chi connectivity index (χ4n) is 3.19. The predicted molar refractivity (Wildman–Crippen MR) is 106 cm³/mol. The van der Waals surface area contributed by atoms with Crippen LogP contribution in [-0.2, 0) is 4.79 Å². The predicted octanol–water partition coefficient (Wildman–Crippen LogP) is 3.22. The molecule has 0 bridgehead atoms. The number of nitrogens with one attached hydrogen (secondary N) is 1. The van der Waals surface area contributed by atoms with E-state index >= 15 is 0 Å². The molecule has 0 aliphatic carbocycles. The third kappa shape index (κ3) is 5.00. The Kier molecular flexibility index (Phi) is 6.30. The molecule has 0 unspecified atom stereocenters. The fourth-order valence-corrected chi connectivity index (χ4v) is 3.19. The summed E-state index contributed by atoms with van der Waals surface area (Å²) in [5.41, 5.74) is 1.74. The third-order valence-electron chi connectivity index (χ3n) is 4.57. The first-order valence-electron chi connectivity index (χ1n) is 9.06. The minimum absolute atomic E-state index is 0.0134. The van der Waals surface area contributed by atoms with Gasteiger partial charge in [0, 0.05) is 43.2 Å². The Balaban J connectivity index is 1.60. The summed E-state index contributed by atoms with van der Waals surface area (Å²) in [5, 5.41) is 3.50. The molecular weight excluding hydrogens is 342 g/mol. The number of methoxy groups -OCH3 is 2. The standard InChI is InChI=1S/C21H25N3O3/c1-26-19-10-8-17(14-20(19)27-2)23-18-7-5-13-24(15-18)21(25)11-9-16-6-3-4-12-22-16/h3-4,6,8-12,14,18,23H,5,7,13,15H2,1-2H3/b11-9+/t18-/m0/s1. The number of amides is 1. The van der Waals surface area contributed by atoms with Crippen LogP contribution >= 0.6 is 0 Å². The van der Waals surface area contributed by atoms with E-state index in [1.54, 1.807) is 32.6 Å². The largest absolute Gasteiger partial charge is 0.493 e. The van der Waals surface area contributed by atoms with Gasteiger partial charge in [-0.05, 0) is 43.2 Å². The monoisotopic (exact) mass is 367 g/mol. The van der Waals surface area contributed by atoms with Gasteiger partial charge in [0.15, 0.2) is 11.5 Å². The minimum atomic E-state index is 0.0134. The number of ether oxygens (including phenoxy) is 2. The van der Waals surface area contributed by atoms with E-state index in [1.165, 1.54) is 0 Å². The smallest absolute Gasteiger partial charge is 0.246 e. The van der Waals surface area contributed by atoms with Crippen molar-refractivity contribution in [3.8, 4) is 11.5 Å². The van der Waals surface area contributed by atoms with Crippen LogP contribution in [0.3, 0.4) is 0 Å². The van der Waals surface area contributed by atoms with Crippen LogP contribution in [0.15, 0.2) is 48.7 Å². The third-order valence-corrected chi connectivity index (χ3v) is 4.57. The molecule has 6 nitrogen and oxygen atoms in total. The van der Waals surface area contributed by atoms with Gasteiger partial charge >= 0.3 is 0 Å². The fraction of sp³-hybridized carbons (Fsp3) is 0.333. The Hall–Kier alpha value is -3.02. The zero-order valence-corrected chi connectivity index (χ0v) is 15.7. The number of hydrogen-bond acceptors (Lipinski definition) is 5. The number of aromatic nitrogens is 1. The highest BCUT2D eigenvalue weighted by Crippen LogP contribution is 2.30. The number of likely N-dealkylation sites (tertiary alicyclic amines) is 1. The highest BCUT2D eigenvalue weighted by atomic mass is 16.5. The van der Waals surface area contributed by atoms with Gasteiger partial charge in [-0.25, -0.2) is 0 Å². The number of carbonyl (C=O) groups is 1. The molecule has 1 aliphatic heterocycles. The van der Waals surface area contributed by atoms with Gasteiger partial charge in [0.25, 0.3) is 0 Å². The van der Waals surface area contributed by atoms with Crippen molar-refractivity contribution >= 4 is 17.7 Å². The van der Waals surface area contributed by atoms with Crippen LogP contribution in [0.25, 0.3) is 6.08 Å². The van der Waals surface area contributed by atoms with Crippen LogP contribution in [0.2, 0.25) is 0 Å². The van der Waals surface area contributed by atoms with Gasteiger partial charge in [0.1, 0.15) is 0 Å². The molecule has 27 heavy (non-hydrogen) atoms. The van der Waals surface area contributed by atoms with Crippen molar-refractivity contribution in [2.24, 2.45) is 0 Å². The van der Waals surface area contributed by atoms with Gasteiger partial charge in [-0.2, -0.15) is 0 Å². The van der Waals surface area contributed by atoms with Crippen LogP contribution < -0.4 is 14.8 Å². The average Bonchev–Trinajstić information content (AvgIpc) is 2.73. The first-order valence-corrected chi connectivity index (χ1v) is 9.06. The van der Waals surface area contributed by atoms with E-state index in [2.05, 4.69) is 10.3 Å². The van der Waals surface area contributed by atoms with E-state index in [9.17, 15) is 4.79 Å². The maximum absolute atomic E-state index is 12.5. The second-order valence-corrected chi connectivity index (χ2v) is 6.43. The average molecular weight is 367 g/mol. The molecule has 6 heteroatoms. The molecule has 142 valence electrons. The molecule has 0 saturated carbocycles. The van der Waals surface area contributed by atoms with Crippen molar-refractivity contribution in [2.75, 3.05) is 32.6 Å². The zero-order valence-electron chi connectivity index (χ0n) is 15.7. The Morgan fingerprint density at radius 1 is 1.22 bits per heavy atom. The molecule has 0 spiro atoms. The maximum atomic E-state index is 12.5. The number of piperidine rings is 1. The molecule has 1 aromatic heterocycles. The number of benzene rings is 1. The SMILES string of the molecule is COc1ccc(N[C@H]2CCCN(C(=O)/C=C/c3ccccn3)C2)cc1OC. The van der Waals surface area contributed by atoms with Gasteiger partial charge in [-0.15, -0.1) is 0 Å². The molecule has 1 aliphatic rings. The van der Waals surface area contributed by atoms with Gasteiger partial charge in [0.2, 0.25) is 5.91 Å². The van der Waals surface area contributed by atoms with Crippen LogP contribution in [0.4, 0.5) is 5.69 Å². The van der Waals surface area contributed by atoms with E-state index in [4.69, 9.17) is 9.47 Å². The van der Waals surface area contributed by atoms with Crippen molar-refractivity contribution < 1.29 is 14.3 Å². The summed E-state index contributed by atoms with van der Waals surface area (Å²) in [6.07, 6.45) is 7.05. The Morgan fingerprint density at radius 2 is 2.07 bits per heavy atom. The highest BCUT2D eigenvalue weighted by Gasteiger charge is 2.22. The number of anilines is 1. The van der Waals surface area contributed by atoms with Gasteiger partial charge in [0.05, 0.1) is 19.9 Å². The van der Waals surface area contributed by atoms with E-state index in [0.717, 1.165) is 30.8 Å². The molecule has 1 aromatic carbocycles. The Labute approximate surface area is 159 Å². The van der Waals surface area contributed by atoms with Gasteiger partial charge in [-0.1, -0.05) is 6.07 Å². The molecule has 2 heterocycles. The number of hydrogen-bond donors (Lipinski definition) is 1. The number of pyridine rings is 1. The number of nitrogens with zero attached hydrogens (tertiary/aromatic N) is 2. The second-order valence-electron chi connectivity index (χ2n) is 6.43. The molecule has 1 saturated heterocycles. The van der Waals surface area contributed by atoms with Crippen molar-refractivity contribution in [1.29, 1.82) is 0 Å². The molecular formula is C21H25N3O3. The summed E-state index contributed by atoms with van der Waals surface area (Å²) >= 11 is 0. The number of rotatable bonds is 6. The van der Waals surface area contributed by atoms with E-state index < -0.39 is 0 Å². The maximum Gasteiger partial charge on any atom is 0.246 e. The summed E-state index contributed by atoms with van der Waals surface area (Å²) in [7, 11) is 3.24. The molecule has 1 atom stereocenters. The summed E-state index contributed by atoms with van der Waals surface area (Å²) in [4.78, 5) is 18.6. The highest BCUT2D eigenvalue weighted by molar-refractivity contribution is 5.91. The summed E-state index contributed by atoms with van der Waals surface area (Å²) in [6, 6.07) is 11.6. The van der Waals surface area contributed by atoms with Gasteiger partial charge in [-0.3, -0.25) is 9.78 Å². The second kappa shape index (κ2) is 9.07. The Morgan fingerprint density at radius 3 is 2.81 bits per heavy atom. The molecule has 0 radical (unpaired) electrons. The Bertz CT molecular complexity index is 793. The van der Waals surface area contributed by atoms with Crippen LogP contribution in [0.5, 0.6) is 11.5 Å². The van der Waals surface area contributed by atoms with Crippen molar-refractivity contribution in [3.63, 3.8) is 0 Å². The lowest BCUT2D eigenvalue weighted by Crippen LogP contribution is -2.44. The van der Waals surface area contributed by atoms with Crippen molar-refractivity contribution in [3.05, 3.63) is 54.4 Å². The first-order chi connectivity index (χ1) is 13.2. The summed E-state index contributed by atoms with van der Waals surface area (Å²) < 4.78 is 10.6. The lowest BCUT2D eigenvalue weighted by Gasteiger charge is -2.33. The van der Waals surface area contributed by atoms with Crippen LogP contribution in [-0.4, -0.2) is 49.1 Å². The van der Waals surface area contributed by atoms with Crippen molar-refractivity contribution in [1.82, 2.24) is 9.88 Å². The normalized spacial score (nSPS) is 17.0. The summed E-state index contributed by atoms with van der Waals surface area (Å²) in [5.74, 6) is 1.40. The number of carbonyl (C=O) groups excluding carboxylic acids is 1. The van der Waals surface area contributed by atoms with Gasteiger partial charge < -0.3 is 19.7 Å². The molecule has 3 rings (SSSR count). The lowest BCUT2D eigenvalue weighted by atomic mass is 10.0. The minimum Gasteiger partial charge on any atom is -0.493 e. The van der Waals surface area contributed by atoms with E-state index in [0.29, 0.717) is 18.0 Å². The van der Waals surface area contributed by atoms with E-state index in [1.807, 2.05) is 41.3 Å². The van der Waals surface area contributed by atoms with E-state index in [-0.39, 0.29) is 11.9 Å². The zero-order chi connectivity index (χ0) is 19.1. The molecule has 1 N–H and O–H groups in total. The molecule has 1 amide bonds. The molecule has 2 aromatic rings. The summed E-state index contributed by atoms with van der Waals surface area (Å²) in [6.45, 7) is 1.44. The van der Waals surface area contributed by atoms with Crippen molar-refractivity contribution in [2.45, 2.75) is 18.9 Å². The van der Waals surface area contributed by atoms with Crippen LogP contribution in [0.1, 0.15) is 18.5 Å². The van der Waals surface area contributed by atoms with Crippen LogP contribution in [0, 0.1) is 0 Å². The topological polar surface area (TPSA) is 63.7 Å². The quantitative estimate of drug-likeness (QED) is 0.795.